The number of anilines is 2. The Labute approximate surface area is 131 Å². The van der Waals surface area contributed by atoms with E-state index in [2.05, 4.69) is 15.6 Å². The topological polar surface area (TPSA) is 77.8 Å². The molecular weight excluding hydrogens is 311 g/mol. The second-order valence-electron chi connectivity index (χ2n) is 4.07. The van der Waals surface area contributed by atoms with E-state index in [4.69, 9.17) is 28.5 Å². The standard InChI is InChI=1S/C14H10Cl2N4O/c1-18-13-6-9(5-12(16)20-13)14(21)19-11-3-2-8(7-17)4-10(11)15/h2-6H,1H3,(H,18,20)(H,19,21). The van der Waals surface area contributed by atoms with Gasteiger partial charge < -0.3 is 10.6 Å². The molecule has 0 spiro atoms. The smallest absolute Gasteiger partial charge is 0.255 e. The fourth-order valence-electron chi connectivity index (χ4n) is 1.64. The Balaban J connectivity index is 2.26. The number of hydrogen-bond acceptors (Lipinski definition) is 4. The molecule has 0 aliphatic heterocycles. The quantitative estimate of drug-likeness (QED) is 0.848. The van der Waals surface area contributed by atoms with Crippen molar-refractivity contribution in [2.24, 2.45) is 0 Å². The van der Waals surface area contributed by atoms with Gasteiger partial charge >= 0.3 is 0 Å². The maximum Gasteiger partial charge on any atom is 0.255 e. The Morgan fingerprint density at radius 3 is 2.67 bits per heavy atom. The molecule has 2 N–H and O–H groups in total. The van der Waals surface area contributed by atoms with Crippen molar-refractivity contribution in [3.05, 3.63) is 51.6 Å². The first-order valence-electron chi connectivity index (χ1n) is 5.90. The van der Waals surface area contributed by atoms with E-state index < -0.39 is 0 Å². The fraction of sp³-hybridized carbons (Fsp3) is 0.0714. The van der Waals surface area contributed by atoms with E-state index >= 15 is 0 Å². The van der Waals surface area contributed by atoms with Crippen molar-refractivity contribution in [3.8, 4) is 6.07 Å². The van der Waals surface area contributed by atoms with Crippen LogP contribution >= 0.6 is 23.2 Å². The van der Waals surface area contributed by atoms with Gasteiger partial charge in [0.2, 0.25) is 0 Å². The van der Waals surface area contributed by atoms with Crippen molar-refractivity contribution >= 4 is 40.6 Å². The average Bonchev–Trinajstić information content (AvgIpc) is 2.48. The zero-order valence-electron chi connectivity index (χ0n) is 10.9. The van der Waals surface area contributed by atoms with Crippen LogP contribution in [0.3, 0.4) is 0 Å². The summed E-state index contributed by atoms with van der Waals surface area (Å²) < 4.78 is 0. The van der Waals surface area contributed by atoms with Crippen molar-refractivity contribution in [2.75, 3.05) is 17.7 Å². The molecule has 0 saturated heterocycles. The Bertz CT molecular complexity index is 740. The van der Waals surface area contributed by atoms with Crippen LogP contribution in [0.2, 0.25) is 10.2 Å². The van der Waals surface area contributed by atoms with Crippen LogP contribution in [0.1, 0.15) is 15.9 Å². The molecule has 0 unspecified atom stereocenters. The lowest BCUT2D eigenvalue weighted by atomic mass is 10.2. The van der Waals surface area contributed by atoms with Crippen molar-refractivity contribution in [2.45, 2.75) is 0 Å². The van der Waals surface area contributed by atoms with Crippen LogP contribution in [0.15, 0.2) is 30.3 Å². The molecule has 1 aromatic carbocycles. The van der Waals surface area contributed by atoms with Gasteiger partial charge in [0.1, 0.15) is 11.0 Å². The van der Waals surface area contributed by atoms with Gasteiger partial charge in [-0.25, -0.2) is 4.98 Å². The molecule has 2 rings (SSSR count). The number of halogens is 2. The van der Waals surface area contributed by atoms with Crippen LogP contribution in [0.25, 0.3) is 0 Å². The van der Waals surface area contributed by atoms with Gasteiger partial charge in [0.25, 0.3) is 5.91 Å². The van der Waals surface area contributed by atoms with E-state index in [0.29, 0.717) is 22.6 Å². The van der Waals surface area contributed by atoms with Crippen molar-refractivity contribution in [1.82, 2.24) is 4.98 Å². The zero-order chi connectivity index (χ0) is 15.4. The van der Waals surface area contributed by atoms with Gasteiger partial charge in [-0.2, -0.15) is 5.26 Å². The summed E-state index contributed by atoms with van der Waals surface area (Å²) in [5, 5.41) is 14.7. The highest BCUT2D eigenvalue weighted by Crippen LogP contribution is 2.24. The molecular formula is C14H10Cl2N4O. The van der Waals surface area contributed by atoms with Crippen LogP contribution in [0.4, 0.5) is 11.5 Å². The molecule has 1 amide bonds. The number of nitriles is 1. The van der Waals surface area contributed by atoms with E-state index in [1.54, 1.807) is 25.2 Å². The van der Waals surface area contributed by atoms with Gasteiger partial charge in [-0.1, -0.05) is 23.2 Å². The summed E-state index contributed by atoms with van der Waals surface area (Å²) in [5.41, 5.74) is 1.18. The third-order valence-electron chi connectivity index (χ3n) is 2.66. The van der Waals surface area contributed by atoms with Crippen molar-refractivity contribution in [1.29, 1.82) is 5.26 Å². The number of amides is 1. The number of rotatable bonds is 3. The van der Waals surface area contributed by atoms with E-state index in [-0.39, 0.29) is 16.1 Å². The number of nitrogens with one attached hydrogen (secondary N) is 2. The lowest BCUT2D eigenvalue weighted by Crippen LogP contribution is -2.13. The highest BCUT2D eigenvalue weighted by Gasteiger charge is 2.11. The largest absolute Gasteiger partial charge is 0.373 e. The molecule has 21 heavy (non-hydrogen) atoms. The number of nitrogens with zero attached hydrogens (tertiary/aromatic N) is 2. The molecule has 0 fully saturated rings. The van der Waals surface area contributed by atoms with Crippen LogP contribution in [-0.2, 0) is 0 Å². The summed E-state index contributed by atoms with van der Waals surface area (Å²) >= 11 is 11.9. The fourth-order valence-corrected chi connectivity index (χ4v) is 2.07. The Morgan fingerprint density at radius 1 is 1.29 bits per heavy atom. The lowest BCUT2D eigenvalue weighted by molar-refractivity contribution is 0.102. The van der Waals surface area contributed by atoms with Gasteiger partial charge in [-0.15, -0.1) is 0 Å². The predicted molar refractivity (Wildman–Crippen MR) is 82.9 cm³/mol. The molecule has 0 aliphatic carbocycles. The number of carbonyl (C=O) groups excluding carboxylic acids is 1. The number of aromatic nitrogens is 1. The van der Waals surface area contributed by atoms with E-state index in [1.807, 2.05) is 6.07 Å². The van der Waals surface area contributed by atoms with Gasteiger partial charge in [0.15, 0.2) is 0 Å². The number of hydrogen-bond donors (Lipinski definition) is 2. The molecule has 0 aliphatic rings. The molecule has 106 valence electrons. The second-order valence-corrected chi connectivity index (χ2v) is 4.87. The number of benzene rings is 1. The second kappa shape index (κ2) is 6.44. The summed E-state index contributed by atoms with van der Waals surface area (Å²) in [4.78, 5) is 16.2. The average molecular weight is 321 g/mol. The number of pyridine rings is 1. The summed E-state index contributed by atoms with van der Waals surface area (Å²) in [7, 11) is 1.68. The predicted octanol–water partition coefficient (Wildman–Crippen LogP) is 3.55. The van der Waals surface area contributed by atoms with Crippen LogP contribution in [-0.4, -0.2) is 17.9 Å². The molecule has 2 aromatic rings. The maximum atomic E-state index is 12.2. The Hall–Kier alpha value is -2.29. The van der Waals surface area contributed by atoms with E-state index in [9.17, 15) is 4.79 Å². The maximum absolute atomic E-state index is 12.2. The summed E-state index contributed by atoms with van der Waals surface area (Å²) in [6.45, 7) is 0. The van der Waals surface area contributed by atoms with Gasteiger partial charge in [0, 0.05) is 12.6 Å². The zero-order valence-corrected chi connectivity index (χ0v) is 12.5. The monoisotopic (exact) mass is 320 g/mol. The SMILES string of the molecule is CNc1cc(C(=O)Nc2ccc(C#N)cc2Cl)cc(Cl)n1. The normalized spacial score (nSPS) is 9.81. The highest BCUT2D eigenvalue weighted by atomic mass is 35.5. The minimum absolute atomic E-state index is 0.206. The van der Waals surface area contributed by atoms with Crippen molar-refractivity contribution < 1.29 is 4.79 Å². The van der Waals surface area contributed by atoms with Crippen LogP contribution < -0.4 is 10.6 Å². The molecule has 0 bridgehead atoms. The Morgan fingerprint density at radius 2 is 2.05 bits per heavy atom. The molecule has 0 radical (unpaired) electrons. The minimum Gasteiger partial charge on any atom is -0.373 e. The lowest BCUT2D eigenvalue weighted by Gasteiger charge is -2.09. The third-order valence-corrected chi connectivity index (χ3v) is 3.17. The summed E-state index contributed by atoms with van der Waals surface area (Å²) in [6.07, 6.45) is 0. The molecule has 1 aromatic heterocycles. The van der Waals surface area contributed by atoms with Gasteiger partial charge in [0.05, 0.1) is 22.3 Å². The Kier molecular flexibility index (Phi) is 4.63. The van der Waals surface area contributed by atoms with Gasteiger partial charge in [-0.3, -0.25) is 4.79 Å². The first-order valence-corrected chi connectivity index (χ1v) is 6.65. The highest BCUT2D eigenvalue weighted by molar-refractivity contribution is 6.34. The first kappa shape index (κ1) is 15.1. The van der Waals surface area contributed by atoms with E-state index in [1.165, 1.54) is 12.1 Å². The van der Waals surface area contributed by atoms with Gasteiger partial charge in [-0.05, 0) is 30.3 Å². The van der Waals surface area contributed by atoms with Crippen LogP contribution in [0, 0.1) is 11.3 Å². The summed E-state index contributed by atoms with van der Waals surface area (Å²) in [6, 6.07) is 9.61. The minimum atomic E-state index is -0.373. The number of carbonyl (C=O) groups is 1. The molecule has 0 atom stereocenters. The molecule has 1 heterocycles. The summed E-state index contributed by atoms with van der Waals surface area (Å²) in [5.74, 6) is 0.112. The first-order chi connectivity index (χ1) is 10.0. The third kappa shape index (κ3) is 3.63. The molecule has 7 heteroatoms. The molecule has 0 saturated carbocycles. The molecule has 5 nitrogen and oxygen atoms in total. The van der Waals surface area contributed by atoms with E-state index in [0.717, 1.165) is 0 Å². The van der Waals surface area contributed by atoms with Crippen molar-refractivity contribution in [3.63, 3.8) is 0 Å². The van der Waals surface area contributed by atoms with Crippen LogP contribution in [0.5, 0.6) is 0 Å².